The molecule has 1 aliphatic carbocycles. The molecule has 0 radical (unpaired) electrons. The van der Waals surface area contributed by atoms with Crippen LogP contribution < -0.4 is 4.74 Å². The van der Waals surface area contributed by atoms with Gasteiger partial charge in [0.2, 0.25) is 0 Å². The molecule has 4 aromatic carbocycles. The van der Waals surface area contributed by atoms with E-state index in [4.69, 9.17) is 4.74 Å². The number of hydrogen-bond acceptors (Lipinski definition) is 3. The number of carboxylic acids is 1. The lowest BCUT2D eigenvalue weighted by molar-refractivity contribution is -0.158. The number of carbonyl (C=O) groups is 2. The molecule has 0 aromatic heterocycles. The van der Waals surface area contributed by atoms with Crippen molar-refractivity contribution in [2.45, 2.75) is 11.8 Å². The molecule has 4 atom stereocenters. The van der Waals surface area contributed by atoms with E-state index in [-0.39, 0.29) is 5.82 Å². The van der Waals surface area contributed by atoms with Gasteiger partial charge in [-0.3, -0.25) is 9.59 Å². The summed E-state index contributed by atoms with van der Waals surface area (Å²) in [6, 6.07) is 31.7. The Bertz CT molecular complexity index is 1290. The molecule has 0 aliphatic heterocycles. The predicted octanol–water partition coefficient (Wildman–Crippen LogP) is 6.30. The first-order valence-electron chi connectivity index (χ1n) is 11.4. The Morgan fingerprint density at radius 2 is 1.23 bits per heavy atom. The van der Waals surface area contributed by atoms with Gasteiger partial charge >= 0.3 is 11.9 Å². The molecule has 174 valence electrons. The Labute approximate surface area is 202 Å². The number of halogens is 1. The third kappa shape index (κ3) is 4.45. The van der Waals surface area contributed by atoms with E-state index in [1.165, 1.54) is 12.1 Å². The molecular weight excluding hydrogens is 443 g/mol. The van der Waals surface area contributed by atoms with Crippen LogP contribution in [-0.2, 0) is 9.59 Å². The van der Waals surface area contributed by atoms with Crippen LogP contribution in [0.4, 0.5) is 4.39 Å². The molecule has 1 N–H and O–H groups in total. The number of ether oxygens (including phenoxy) is 1. The van der Waals surface area contributed by atoms with Gasteiger partial charge in [0.15, 0.2) is 0 Å². The van der Waals surface area contributed by atoms with Crippen LogP contribution in [0, 0.1) is 17.7 Å². The Hall–Kier alpha value is -4.25. The van der Waals surface area contributed by atoms with E-state index in [0.717, 1.165) is 22.3 Å². The van der Waals surface area contributed by atoms with E-state index in [9.17, 15) is 19.1 Å². The first-order chi connectivity index (χ1) is 17.0. The number of hydrogen-bond donors (Lipinski definition) is 1. The molecule has 35 heavy (non-hydrogen) atoms. The van der Waals surface area contributed by atoms with Crippen molar-refractivity contribution in [2.24, 2.45) is 11.8 Å². The molecule has 0 heterocycles. The maximum atomic E-state index is 13.6. The van der Waals surface area contributed by atoms with Crippen molar-refractivity contribution in [3.63, 3.8) is 0 Å². The molecule has 5 rings (SSSR count). The van der Waals surface area contributed by atoms with Crippen molar-refractivity contribution in [2.75, 3.05) is 0 Å². The van der Waals surface area contributed by atoms with Crippen LogP contribution in [0.15, 0.2) is 109 Å². The molecule has 1 fully saturated rings. The Morgan fingerprint density at radius 1 is 0.657 bits per heavy atom. The summed E-state index contributed by atoms with van der Waals surface area (Å²) in [5.74, 6) is -3.80. The minimum atomic E-state index is -0.935. The van der Waals surface area contributed by atoms with E-state index in [1.807, 2.05) is 66.7 Å². The van der Waals surface area contributed by atoms with E-state index in [2.05, 4.69) is 0 Å². The van der Waals surface area contributed by atoms with Crippen LogP contribution in [0.3, 0.4) is 0 Å². The van der Waals surface area contributed by atoms with Crippen LogP contribution in [0.2, 0.25) is 0 Å². The quantitative estimate of drug-likeness (QED) is 0.268. The highest BCUT2D eigenvalue weighted by Crippen LogP contribution is 2.58. The summed E-state index contributed by atoms with van der Waals surface area (Å²) < 4.78 is 19.1. The summed E-state index contributed by atoms with van der Waals surface area (Å²) in [4.78, 5) is 25.9. The van der Waals surface area contributed by atoms with Gasteiger partial charge in [-0.1, -0.05) is 84.9 Å². The van der Waals surface area contributed by atoms with Crippen LogP contribution in [0.25, 0.3) is 11.1 Å². The molecule has 5 heteroatoms. The van der Waals surface area contributed by atoms with Gasteiger partial charge in [-0.25, -0.2) is 4.39 Å². The number of rotatable bonds is 6. The minimum Gasteiger partial charge on any atom is -0.481 e. The molecule has 0 amide bonds. The highest BCUT2D eigenvalue weighted by atomic mass is 19.1. The van der Waals surface area contributed by atoms with Crippen molar-refractivity contribution in [1.29, 1.82) is 0 Å². The summed E-state index contributed by atoms with van der Waals surface area (Å²) in [5.41, 5.74) is 3.18. The number of benzene rings is 4. The van der Waals surface area contributed by atoms with E-state index in [0.29, 0.717) is 5.75 Å². The van der Waals surface area contributed by atoms with Crippen molar-refractivity contribution in [3.05, 3.63) is 126 Å². The van der Waals surface area contributed by atoms with Gasteiger partial charge in [-0.2, -0.15) is 0 Å². The first kappa shape index (κ1) is 22.5. The highest BCUT2D eigenvalue weighted by molar-refractivity contribution is 5.86. The van der Waals surface area contributed by atoms with Crippen LogP contribution in [0.5, 0.6) is 5.75 Å². The maximum Gasteiger partial charge on any atom is 0.315 e. The largest absolute Gasteiger partial charge is 0.481 e. The summed E-state index contributed by atoms with van der Waals surface area (Å²) in [6.45, 7) is 0. The number of carbonyl (C=O) groups excluding carboxylic acids is 1. The van der Waals surface area contributed by atoms with Gasteiger partial charge in [-0.15, -0.1) is 0 Å². The van der Waals surface area contributed by atoms with Gasteiger partial charge in [0, 0.05) is 11.8 Å². The van der Waals surface area contributed by atoms with Gasteiger partial charge in [-0.05, 0) is 46.5 Å². The predicted molar refractivity (Wildman–Crippen MR) is 130 cm³/mol. The normalized spacial score (nSPS) is 21.1. The molecule has 0 saturated heterocycles. The fraction of sp³-hybridized carbons (Fsp3) is 0.133. The highest BCUT2D eigenvalue weighted by Gasteiger charge is 2.59. The van der Waals surface area contributed by atoms with Crippen molar-refractivity contribution < 1.29 is 23.8 Å². The first-order valence-corrected chi connectivity index (χ1v) is 11.4. The van der Waals surface area contributed by atoms with Crippen LogP contribution in [-0.4, -0.2) is 17.0 Å². The number of carboxylic acid groups (broad SMARTS) is 1. The van der Waals surface area contributed by atoms with E-state index in [1.54, 1.807) is 30.3 Å². The Kier molecular flexibility index (Phi) is 6.15. The average Bonchev–Trinajstić information content (AvgIpc) is 2.85. The monoisotopic (exact) mass is 466 g/mol. The molecule has 0 spiro atoms. The zero-order valence-corrected chi connectivity index (χ0v) is 18.8. The lowest BCUT2D eigenvalue weighted by Crippen LogP contribution is -2.52. The molecule has 1 saturated carbocycles. The van der Waals surface area contributed by atoms with Gasteiger partial charge in [0.05, 0.1) is 11.8 Å². The second-order valence-corrected chi connectivity index (χ2v) is 8.72. The summed E-state index contributed by atoms with van der Waals surface area (Å²) in [6.07, 6.45) is 0. The second-order valence-electron chi connectivity index (χ2n) is 8.72. The fourth-order valence-corrected chi connectivity index (χ4v) is 5.09. The molecule has 4 nitrogen and oxygen atoms in total. The SMILES string of the molecule is O=C(Oc1cccc(-c2ccc(F)cc2)c1)C1C(c2ccccc2)[C@H](C(=O)O)[C@H]1c1ccccc1. The standard InChI is InChI=1S/C30H23FO4/c31-23-16-14-19(15-17-23)22-12-7-13-24(18-22)35-30(34)28-25(20-8-3-1-4-9-20)27(29(32)33)26(28)21-10-5-2-6-11-21/h1-18,25-28H,(H,32,33)/t25-,26?,27-,28?/m1/s1. The van der Waals surface area contributed by atoms with Crippen molar-refractivity contribution in [1.82, 2.24) is 0 Å². The Morgan fingerprint density at radius 3 is 1.77 bits per heavy atom. The van der Waals surface area contributed by atoms with Crippen LogP contribution in [0.1, 0.15) is 23.0 Å². The number of aliphatic carboxylic acids is 1. The fourth-order valence-electron chi connectivity index (χ4n) is 5.09. The molecule has 1 aliphatic rings. The smallest absolute Gasteiger partial charge is 0.315 e. The summed E-state index contributed by atoms with van der Waals surface area (Å²) in [5, 5.41) is 10.1. The van der Waals surface area contributed by atoms with Gasteiger partial charge in [0.1, 0.15) is 11.6 Å². The minimum absolute atomic E-state index is 0.326. The molecule has 4 aromatic rings. The van der Waals surface area contributed by atoms with Crippen molar-refractivity contribution >= 4 is 11.9 Å². The summed E-state index contributed by atoms with van der Waals surface area (Å²) in [7, 11) is 0. The lowest BCUT2D eigenvalue weighted by atomic mass is 9.52. The molecule has 0 bridgehead atoms. The van der Waals surface area contributed by atoms with E-state index >= 15 is 0 Å². The maximum absolute atomic E-state index is 13.6. The lowest BCUT2D eigenvalue weighted by Gasteiger charge is -2.48. The third-order valence-electron chi connectivity index (χ3n) is 6.70. The molecule has 2 unspecified atom stereocenters. The average molecular weight is 467 g/mol. The zero-order chi connectivity index (χ0) is 24.4. The topological polar surface area (TPSA) is 63.6 Å². The third-order valence-corrected chi connectivity index (χ3v) is 6.70. The van der Waals surface area contributed by atoms with Crippen molar-refractivity contribution in [3.8, 4) is 16.9 Å². The number of esters is 1. The van der Waals surface area contributed by atoms with Gasteiger partial charge in [0.25, 0.3) is 0 Å². The second kappa shape index (κ2) is 9.55. The Balaban J connectivity index is 1.48. The summed E-state index contributed by atoms with van der Waals surface area (Å²) >= 11 is 0. The van der Waals surface area contributed by atoms with E-state index < -0.39 is 35.6 Å². The van der Waals surface area contributed by atoms with Crippen LogP contribution >= 0.6 is 0 Å². The van der Waals surface area contributed by atoms with Gasteiger partial charge < -0.3 is 9.84 Å². The zero-order valence-electron chi connectivity index (χ0n) is 18.8. The molecular formula is C30H23FO4.